The van der Waals surface area contributed by atoms with Gasteiger partial charge in [0.05, 0.1) is 0 Å². The quantitative estimate of drug-likeness (QED) is 0.781. The number of anilines is 1. The first-order valence-electron chi connectivity index (χ1n) is 8.64. The van der Waals surface area contributed by atoms with Gasteiger partial charge in [-0.15, -0.1) is 0 Å². The van der Waals surface area contributed by atoms with E-state index in [1.165, 1.54) is 37.3 Å². The summed E-state index contributed by atoms with van der Waals surface area (Å²) in [4.78, 5) is 18.7. The van der Waals surface area contributed by atoms with Gasteiger partial charge >= 0.3 is 0 Å². The van der Waals surface area contributed by atoms with Crippen LogP contribution in [0.2, 0.25) is 0 Å². The van der Waals surface area contributed by atoms with Gasteiger partial charge in [0.1, 0.15) is 0 Å². The Morgan fingerprint density at radius 2 is 1.61 bits per heavy atom. The number of likely N-dealkylation sites (tertiary alicyclic amines) is 1. The third kappa shape index (κ3) is 3.94. The molecule has 0 amide bonds. The lowest BCUT2D eigenvalue weighted by molar-refractivity contribution is 0.101. The predicted octanol–water partition coefficient (Wildman–Crippen LogP) is 2.62. The molecule has 1 aromatic rings. The van der Waals surface area contributed by atoms with Crippen molar-refractivity contribution in [3.63, 3.8) is 0 Å². The number of ketones is 1. The second-order valence-electron chi connectivity index (χ2n) is 6.63. The molecule has 4 nitrogen and oxygen atoms in total. The summed E-state index contributed by atoms with van der Waals surface area (Å²) >= 11 is 0. The van der Waals surface area contributed by atoms with Crippen molar-refractivity contribution in [2.24, 2.45) is 0 Å². The van der Waals surface area contributed by atoms with E-state index in [0.29, 0.717) is 0 Å². The summed E-state index contributed by atoms with van der Waals surface area (Å²) in [6.07, 6.45) is 2.66. The Labute approximate surface area is 139 Å². The number of piperazine rings is 1. The van der Waals surface area contributed by atoms with E-state index >= 15 is 0 Å². The van der Waals surface area contributed by atoms with Gasteiger partial charge in [0.15, 0.2) is 5.78 Å². The fourth-order valence-corrected chi connectivity index (χ4v) is 3.49. The minimum Gasteiger partial charge on any atom is -0.371 e. The number of carbonyl (C=O) groups is 1. The Kier molecular flexibility index (Phi) is 5.01. The first kappa shape index (κ1) is 16.1. The van der Waals surface area contributed by atoms with E-state index in [4.69, 9.17) is 0 Å². The third-order valence-corrected chi connectivity index (χ3v) is 4.97. The topological polar surface area (TPSA) is 26.8 Å². The molecule has 0 bridgehead atoms. The van der Waals surface area contributed by atoms with Gasteiger partial charge in [0, 0.05) is 49.7 Å². The maximum atomic E-state index is 11.4. The summed E-state index contributed by atoms with van der Waals surface area (Å²) in [6, 6.07) is 7.98. The van der Waals surface area contributed by atoms with Crippen molar-refractivity contribution in [1.29, 1.82) is 0 Å². The molecule has 0 N–H and O–H groups in total. The number of hydrogen-bond acceptors (Lipinski definition) is 4. The van der Waals surface area contributed by atoms with Crippen molar-refractivity contribution in [3.8, 4) is 0 Å². The molecule has 2 aliphatic rings. The van der Waals surface area contributed by atoms with E-state index in [1.807, 2.05) is 12.1 Å². The molecule has 0 radical (unpaired) electrons. The molecule has 0 aliphatic carbocycles. The number of rotatable bonds is 5. The molecule has 0 atom stereocenters. The summed E-state index contributed by atoms with van der Waals surface area (Å²) in [5.74, 6) is 0.125. The molecule has 3 rings (SSSR count). The van der Waals surface area contributed by atoms with Crippen LogP contribution in [0.5, 0.6) is 0 Å². The zero-order valence-electron chi connectivity index (χ0n) is 14.1. The smallest absolute Gasteiger partial charge is 0.159 e. The molecular weight excluding hydrogens is 286 g/mol. The molecule has 0 unspecified atom stereocenters. The first-order chi connectivity index (χ1) is 11.1. The maximum Gasteiger partial charge on any atom is 0.159 e. The Morgan fingerprint density at radius 1 is 1.00 bits per heavy atom. The monoisotopic (exact) mass is 313 g/mol. The van der Waals surface area contributed by atoms with Gasteiger partial charge in [-0.2, -0.15) is 0 Å². The second-order valence-corrected chi connectivity index (χ2v) is 6.63. The lowest BCUT2D eigenvalue weighted by atomic mass is 10.1. The molecule has 0 saturated carbocycles. The molecule has 23 heavy (non-hydrogen) atoms. The van der Waals surface area contributed by atoms with Crippen molar-refractivity contribution in [2.75, 3.05) is 50.7 Å². The highest BCUT2D eigenvalue weighted by Gasteiger charge is 2.20. The van der Waals surface area contributed by atoms with E-state index in [-0.39, 0.29) is 5.78 Å². The van der Waals surface area contributed by atoms with Crippen LogP contribution in [0.25, 0.3) is 0 Å². The number of nitrogens with zero attached hydrogens (tertiary/aromatic N) is 3. The van der Waals surface area contributed by atoms with Crippen LogP contribution in [0.4, 0.5) is 5.69 Å². The summed E-state index contributed by atoms with van der Waals surface area (Å²) in [5.41, 5.74) is 3.25. The standard InChI is InChI=1S/C19H27N3O/c1-16(15-20-9-3-4-10-20)21-11-13-22(14-12-21)19-7-5-18(6-8-19)17(2)23/h5-8H,1,3-4,9-15H2,2H3. The van der Waals surface area contributed by atoms with Gasteiger partial charge in [0.2, 0.25) is 0 Å². The highest BCUT2D eigenvalue weighted by atomic mass is 16.1. The maximum absolute atomic E-state index is 11.4. The number of carbonyl (C=O) groups excluding carboxylic acids is 1. The normalized spacial score (nSPS) is 19.2. The van der Waals surface area contributed by atoms with Crippen LogP contribution < -0.4 is 4.90 Å². The molecule has 124 valence electrons. The summed E-state index contributed by atoms with van der Waals surface area (Å²) in [6.45, 7) is 13.5. The highest BCUT2D eigenvalue weighted by molar-refractivity contribution is 5.94. The highest BCUT2D eigenvalue weighted by Crippen LogP contribution is 2.19. The van der Waals surface area contributed by atoms with Gasteiger partial charge in [-0.25, -0.2) is 0 Å². The minimum absolute atomic E-state index is 0.125. The molecule has 1 aromatic carbocycles. The molecule has 0 spiro atoms. The van der Waals surface area contributed by atoms with Gasteiger partial charge in [0.25, 0.3) is 0 Å². The lowest BCUT2D eigenvalue weighted by Gasteiger charge is -2.39. The van der Waals surface area contributed by atoms with Crippen LogP contribution in [-0.2, 0) is 0 Å². The van der Waals surface area contributed by atoms with Crippen LogP contribution in [0.1, 0.15) is 30.1 Å². The van der Waals surface area contributed by atoms with Crippen LogP contribution in [0, 0.1) is 0 Å². The fraction of sp³-hybridized carbons (Fsp3) is 0.526. The largest absolute Gasteiger partial charge is 0.371 e. The van der Waals surface area contributed by atoms with Crippen LogP contribution in [0.15, 0.2) is 36.5 Å². The summed E-state index contributed by atoms with van der Waals surface area (Å²) in [5, 5.41) is 0. The van der Waals surface area contributed by atoms with Crippen molar-refractivity contribution in [2.45, 2.75) is 19.8 Å². The van der Waals surface area contributed by atoms with Gasteiger partial charge < -0.3 is 9.80 Å². The number of hydrogen-bond donors (Lipinski definition) is 0. The zero-order valence-corrected chi connectivity index (χ0v) is 14.1. The average Bonchev–Trinajstić information content (AvgIpc) is 3.08. The SMILES string of the molecule is C=C(CN1CCCC1)N1CCN(c2ccc(C(C)=O)cc2)CC1. The van der Waals surface area contributed by atoms with Crippen LogP contribution in [-0.4, -0.2) is 61.4 Å². The molecule has 2 aliphatic heterocycles. The van der Waals surface area contributed by atoms with E-state index in [1.54, 1.807) is 6.92 Å². The molecular formula is C19H27N3O. The molecule has 2 saturated heterocycles. The van der Waals surface area contributed by atoms with Crippen molar-refractivity contribution >= 4 is 11.5 Å². The molecule has 4 heteroatoms. The molecule has 0 aromatic heterocycles. The predicted molar refractivity (Wildman–Crippen MR) is 95.0 cm³/mol. The summed E-state index contributed by atoms with van der Waals surface area (Å²) < 4.78 is 0. The lowest BCUT2D eigenvalue weighted by Crippen LogP contribution is -2.47. The number of Topliss-reactive ketones (excluding diaryl/α,β-unsaturated/α-hetero) is 1. The molecule has 2 fully saturated rings. The Bertz CT molecular complexity index is 552. The van der Waals surface area contributed by atoms with Gasteiger partial charge in [-0.3, -0.25) is 9.69 Å². The third-order valence-electron chi connectivity index (χ3n) is 4.97. The minimum atomic E-state index is 0.125. The van der Waals surface area contributed by atoms with Crippen molar-refractivity contribution < 1.29 is 4.79 Å². The Balaban J connectivity index is 1.51. The van der Waals surface area contributed by atoms with Crippen LogP contribution in [0.3, 0.4) is 0 Å². The van der Waals surface area contributed by atoms with Crippen LogP contribution >= 0.6 is 0 Å². The van der Waals surface area contributed by atoms with Crippen molar-refractivity contribution in [3.05, 3.63) is 42.1 Å². The Hall–Kier alpha value is -1.81. The fourth-order valence-electron chi connectivity index (χ4n) is 3.49. The summed E-state index contributed by atoms with van der Waals surface area (Å²) in [7, 11) is 0. The van der Waals surface area contributed by atoms with E-state index in [2.05, 4.69) is 33.4 Å². The van der Waals surface area contributed by atoms with Crippen molar-refractivity contribution in [1.82, 2.24) is 9.80 Å². The first-order valence-corrected chi connectivity index (χ1v) is 8.64. The Morgan fingerprint density at radius 3 is 2.17 bits per heavy atom. The van der Waals surface area contributed by atoms with E-state index < -0.39 is 0 Å². The number of benzene rings is 1. The van der Waals surface area contributed by atoms with Gasteiger partial charge in [-0.05, 0) is 57.1 Å². The second kappa shape index (κ2) is 7.18. The van der Waals surface area contributed by atoms with E-state index in [9.17, 15) is 4.79 Å². The molecule has 2 heterocycles. The average molecular weight is 313 g/mol. The van der Waals surface area contributed by atoms with Gasteiger partial charge in [-0.1, -0.05) is 6.58 Å². The van der Waals surface area contributed by atoms with E-state index in [0.717, 1.165) is 38.3 Å². The zero-order chi connectivity index (χ0) is 16.2.